The summed E-state index contributed by atoms with van der Waals surface area (Å²) >= 11 is 1.32. The number of hydrogen-bond acceptors (Lipinski definition) is 7. The number of esters is 1. The minimum atomic E-state index is -3.14. The Morgan fingerprint density at radius 3 is 2.76 bits per heavy atom. The number of sulfonamides is 1. The van der Waals surface area contributed by atoms with Crippen molar-refractivity contribution >= 4 is 33.3 Å². The van der Waals surface area contributed by atoms with Crippen molar-refractivity contribution in [2.24, 2.45) is 10.9 Å². The van der Waals surface area contributed by atoms with Gasteiger partial charge in [0.2, 0.25) is 10.0 Å². The summed E-state index contributed by atoms with van der Waals surface area (Å²) in [7, 11) is -3.14. The van der Waals surface area contributed by atoms with Crippen LogP contribution >= 0.6 is 11.3 Å². The second kappa shape index (κ2) is 10.4. The summed E-state index contributed by atoms with van der Waals surface area (Å²) in [5, 5.41) is 7.30. The molecule has 2 N–H and O–H groups in total. The van der Waals surface area contributed by atoms with Gasteiger partial charge in [-0.3, -0.25) is 4.99 Å². The van der Waals surface area contributed by atoms with Gasteiger partial charge in [0, 0.05) is 26.2 Å². The van der Waals surface area contributed by atoms with Crippen LogP contribution in [0.25, 0.3) is 0 Å². The van der Waals surface area contributed by atoms with Crippen molar-refractivity contribution < 1.29 is 17.9 Å². The zero-order chi connectivity index (χ0) is 21.6. The molecule has 0 bridgehead atoms. The van der Waals surface area contributed by atoms with E-state index < -0.39 is 10.0 Å². The van der Waals surface area contributed by atoms with Gasteiger partial charge in [-0.25, -0.2) is 22.5 Å². The topological polar surface area (TPSA) is 113 Å². The van der Waals surface area contributed by atoms with Gasteiger partial charge in [-0.15, -0.1) is 11.3 Å². The predicted octanol–water partition coefficient (Wildman–Crippen LogP) is 1.53. The van der Waals surface area contributed by atoms with Gasteiger partial charge in [-0.1, -0.05) is 0 Å². The van der Waals surface area contributed by atoms with Crippen LogP contribution < -0.4 is 10.6 Å². The molecule has 0 aromatic carbocycles. The molecular formula is C18H31N5O4S2. The Morgan fingerprint density at radius 1 is 1.45 bits per heavy atom. The number of thiazole rings is 1. The zero-order valence-electron chi connectivity index (χ0n) is 17.7. The maximum atomic E-state index is 12.0. The summed E-state index contributed by atoms with van der Waals surface area (Å²) in [6, 6.07) is -0.143. The number of rotatable bonds is 8. The van der Waals surface area contributed by atoms with E-state index in [0.717, 1.165) is 11.4 Å². The number of hydrogen-bond donors (Lipinski definition) is 2. The molecule has 0 amide bonds. The van der Waals surface area contributed by atoms with Crippen LogP contribution in [0.2, 0.25) is 0 Å². The standard InChI is InChI=1S/C18H31N5O4S2/c1-6-19-18(20-10-14-8-9-23(11-14)29(5,25)26)22-13(4)16-21-12(3)15(28-16)17(24)27-7-2/h13-14H,6-11H2,1-5H3,(H2,19,20,22). The maximum Gasteiger partial charge on any atom is 0.350 e. The van der Waals surface area contributed by atoms with Gasteiger partial charge >= 0.3 is 5.97 Å². The molecule has 0 saturated carbocycles. The summed E-state index contributed by atoms with van der Waals surface area (Å²) in [6.45, 7) is 10.1. The van der Waals surface area contributed by atoms with E-state index in [0.29, 0.717) is 49.3 Å². The second-order valence-electron chi connectivity index (χ2n) is 7.05. The number of carbonyl (C=O) groups is 1. The van der Waals surface area contributed by atoms with E-state index in [2.05, 4.69) is 20.6 Å². The Hall–Kier alpha value is -1.72. The van der Waals surface area contributed by atoms with E-state index in [-0.39, 0.29) is 17.9 Å². The van der Waals surface area contributed by atoms with Crippen LogP contribution in [0.1, 0.15) is 53.6 Å². The van der Waals surface area contributed by atoms with Gasteiger partial charge in [-0.05, 0) is 40.0 Å². The minimum absolute atomic E-state index is 0.143. The Labute approximate surface area is 177 Å². The second-order valence-corrected chi connectivity index (χ2v) is 10.1. The molecule has 164 valence electrons. The molecule has 1 aliphatic rings. The third kappa shape index (κ3) is 6.65. The smallest absolute Gasteiger partial charge is 0.350 e. The van der Waals surface area contributed by atoms with Crippen LogP contribution in [0.3, 0.4) is 0 Å². The quantitative estimate of drug-likeness (QED) is 0.354. The maximum absolute atomic E-state index is 12.0. The average molecular weight is 446 g/mol. The molecule has 1 saturated heterocycles. The average Bonchev–Trinajstić information content (AvgIpc) is 3.26. The third-order valence-corrected chi connectivity index (χ3v) is 7.16. The molecule has 11 heteroatoms. The third-order valence-electron chi connectivity index (χ3n) is 4.57. The molecule has 1 aromatic heterocycles. The highest BCUT2D eigenvalue weighted by Crippen LogP contribution is 2.24. The highest BCUT2D eigenvalue weighted by atomic mass is 32.2. The van der Waals surface area contributed by atoms with Crippen molar-refractivity contribution in [2.75, 3.05) is 39.0 Å². The number of aliphatic imine (C=N–C) groups is 1. The zero-order valence-corrected chi connectivity index (χ0v) is 19.3. The summed E-state index contributed by atoms with van der Waals surface area (Å²) in [6.07, 6.45) is 2.05. The van der Waals surface area contributed by atoms with Crippen LogP contribution in [0, 0.1) is 12.8 Å². The lowest BCUT2D eigenvalue weighted by molar-refractivity contribution is 0.0531. The molecule has 0 radical (unpaired) electrons. The van der Waals surface area contributed by atoms with E-state index in [1.807, 2.05) is 13.8 Å². The van der Waals surface area contributed by atoms with Crippen LogP contribution in [0.5, 0.6) is 0 Å². The lowest BCUT2D eigenvalue weighted by atomic mass is 10.1. The van der Waals surface area contributed by atoms with Crippen LogP contribution in [0.4, 0.5) is 0 Å². The van der Waals surface area contributed by atoms with Crippen LogP contribution in [-0.2, 0) is 14.8 Å². The lowest BCUT2D eigenvalue weighted by Crippen LogP contribution is -2.39. The highest BCUT2D eigenvalue weighted by Gasteiger charge is 2.28. The molecule has 1 fully saturated rings. The molecule has 2 rings (SSSR count). The molecular weight excluding hydrogens is 414 g/mol. The fourth-order valence-electron chi connectivity index (χ4n) is 3.04. The molecule has 2 heterocycles. The van der Waals surface area contributed by atoms with Gasteiger partial charge in [0.15, 0.2) is 5.96 Å². The first-order valence-corrected chi connectivity index (χ1v) is 12.5. The molecule has 1 aliphatic heterocycles. The molecule has 0 spiro atoms. The van der Waals surface area contributed by atoms with Gasteiger partial charge in [0.1, 0.15) is 9.88 Å². The number of carbonyl (C=O) groups excluding carboxylic acids is 1. The first-order chi connectivity index (χ1) is 13.7. The molecule has 29 heavy (non-hydrogen) atoms. The number of nitrogens with one attached hydrogen (secondary N) is 2. The summed E-state index contributed by atoms with van der Waals surface area (Å²) in [5.41, 5.74) is 0.658. The fraction of sp³-hybridized carbons (Fsp3) is 0.722. The number of aryl methyl sites for hydroxylation is 1. The van der Waals surface area contributed by atoms with E-state index in [1.54, 1.807) is 13.8 Å². The molecule has 2 unspecified atom stereocenters. The van der Waals surface area contributed by atoms with Crippen LogP contribution in [-0.4, -0.2) is 68.7 Å². The predicted molar refractivity (Wildman–Crippen MR) is 115 cm³/mol. The first kappa shape index (κ1) is 23.6. The summed E-state index contributed by atoms with van der Waals surface area (Å²) < 4.78 is 29.9. The van der Waals surface area contributed by atoms with Crippen molar-refractivity contribution in [1.82, 2.24) is 19.9 Å². The largest absolute Gasteiger partial charge is 0.462 e. The van der Waals surface area contributed by atoms with Crippen molar-refractivity contribution in [1.29, 1.82) is 0 Å². The van der Waals surface area contributed by atoms with E-state index in [4.69, 9.17) is 4.74 Å². The SMILES string of the molecule is CCNC(=NCC1CCN(S(C)(=O)=O)C1)NC(C)c1nc(C)c(C(=O)OCC)s1. The van der Waals surface area contributed by atoms with Crippen molar-refractivity contribution in [3.05, 3.63) is 15.6 Å². The monoisotopic (exact) mass is 445 g/mol. The number of ether oxygens (including phenoxy) is 1. The van der Waals surface area contributed by atoms with Crippen LogP contribution in [0.15, 0.2) is 4.99 Å². The van der Waals surface area contributed by atoms with Crippen molar-refractivity contribution in [3.63, 3.8) is 0 Å². The molecule has 1 aromatic rings. The number of aromatic nitrogens is 1. The fourth-order valence-corrected chi connectivity index (χ4v) is 4.92. The van der Waals surface area contributed by atoms with Crippen molar-refractivity contribution in [2.45, 2.75) is 40.2 Å². The Morgan fingerprint density at radius 2 is 2.17 bits per heavy atom. The first-order valence-electron chi connectivity index (χ1n) is 9.80. The van der Waals surface area contributed by atoms with Crippen molar-refractivity contribution in [3.8, 4) is 0 Å². The highest BCUT2D eigenvalue weighted by molar-refractivity contribution is 7.88. The Balaban J connectivity index is 2.02. The number of nitrogens with zero attached hydrogens (tertiary/aromatic N) is 3. The molecule has 9 nitrogen and oxygen atoms in total. The lowest BCUT2D eigenvalue weighted by Gasteiger charge is -2.17. The molecule has 2 atom stereocenters. The van der Waals surface area contributed by atoms with E-state index in [1.165, 1.54) is 21.9 Å². The van der Waals surface area contributed by atoms with Gasteiger partial charge < -0.3 is 15.4 Å². The van der Waals surface area contributed by atoms with Gasteiger partial charge in [0.25, 0.3) is 0 Å². The van der Waals surface area contributed by atoms with E-state index in [9.17, 15) is 13.2 Å². The Kier molecular flexibility index (Phi) is 8.41. The minimum Gasteiger partial charge on any atom is -0.462 e. The normalized spacial score (nSPS) is 19.2. The summed E-state index contributed by atoms with van der Waals surface area (Å²) in [4.78, 5) is 21.7. The summed E-state index contributed by atoms with van der Waals surface area (Å²) in [5.74, 6) is 0.495. The number of guanidine groups is 1. The van der Waals surface area contributed by atoms with Gasteiger partial charge in [0.05, 0.1) is 24.6 Å². The Bertz CT molecular complexity index is 837. The van der Waals surface area contributed by atoms with Gasteiger partial charge in [-0.2, -0.15) is 0 Å². The molecule has 0 aliphatic carbocycles. The van der Waals surface area contributed by atoms with E-state index >= 15 is 0 Å².